The van der Waals surface area contributed by atoms with E-state index in [1.165, 1.54) is 0 Å². The summed E-state index contributed by atoms with van der Waals surface area (Å²) in [6.07, 6.45) is -3.29. The number of nitrogens with zero attached hydrogens (tertiary/aromatic N) is 1. The lowest BCUT2D eigenvalue weighted by molar-refractivity contribution is -0.387. The maximum absolute atomic E-state index is 12.4. The molecule has 1 aromatic heterocycles. The standard InChI is InChI=1S/C7H3ClF2N2O4/c8-6(14)2-1-3(13)5(12(15)16)4(11-2)7(9)10/h1,7H,(H,11,13). The number of rotatable bonds is 3. The number of H-pyrrole nitrogens is 1. The highest BCUT2D eigenvalue weighted by atomic mass is 35.5. The molecule has 0 aliphatic heterocycles. The minimum absolute atomic E-state index is 0.499. The van der Waals surface area contributed by atoms with Crippen molar-refractivity contribution in [3.8, 4) is 0 Å². The van der Waals surface area contributed by atoms with Crippen LogP contribution in [0.4, 0.5) is 14.5 Å². The minimum atomic E-state index is -3.29. The van der Waals surface area contributed by atoms with Crippen molar-refractivity contribution in [3.05, 3.63) is 37.8 Å². The molecule has 0 radical (unpaired) electrons. The average molecular weight is 253 g/mol. The molecule has 0 aliphatic carbocycles. The fraction of sp³-hybridized carbons (Fsp3) is 0.143. The third-order valence-electron chi connectivity index (χ3n) is 1.65. The molecule has 1 N–H and O–H groups in total. The van der Waals surface area contributed by atoms with Gasteiger partial charge in [-0.2, -0.15) is 0 Å². The van der Waals surface area contributed by atoms with E-state index in [4.69, 9.17) is 11.6 Å². The number of aromatic nitrogens is 1. The van der Waals surface area contributed by atoms with Crippen LogP contribution in [0.25, 0.3) is 0 Å². The lowest BCUT2D eigenvalue weighted by atomic mass is 10.2. The highest BCUT2D eigenvalue weighted by Crippen LogP contribution is 2.24. The number of pyridine rings is 1. The van der Waals surface area contributed by atoms with E-state index in [1.807, 2.05) is 0 Å². The Labute approximate surface area is 91.0 Å². The summed E-state index contributed by atoms with van der Waals surface area (Å²) in [5, 5.41) is 9.18. The number of nitro groups is 1. The van der Waals surface area contributed by atoms with Crippen LogP contribution in [-0.4, -0.2) is 15.1 Å². The molecule has 0 saturated heterocycles. The molecule has 0 bridgehead atoms. The Morgan fingerprint density at radius 3 is 2.50 bits per heavy atom. The average Bonchev–Trinajstić information content (AvgIpc) is 2.15. The Balaban J connectivity index is 3.58. The fourth-order valence-corrected chi connectivity index (χ4v) is 1.13. The van der Waals surface area contributed by atoms with Gasteiger partial charge in [-0.1, -0.05) is 0 Å². The highest BCUT2D eigenvalue weighted by molar-refractivity contribution is 6.67. The molecule has 9 heteroatoms. The van der Waals surface area contributed by atoms with Gasteiger partial charge in [-0.05, 0) is 11.6 Å². The molecular weight excluding hydrogens is 250 g/mol. The van der Waals surface area contributed by atoms with Crippen molar-refractivity contribution < 1.29 is 18.5 Å². The van der Waals surface area contributed by atoms with Crippen molar-refractivity contribution in [1.82, 2.24) is 4.98 Å². The van der Waals surface area contributed by atoms with Crippen molar-refractivity contribution in [2.45, 2.75) is 6.43 Å². The van der Waals surface area contributed by atoms with Crippen molar-refractivity contribution in [3.63, 3.8) is 0 Å². The quantitative estimate of drug-likeness (QED) is 0.502. The van der Waals surface area contributed by atoms with Crippen LogP contribution in [0, 0.1) is 10.1 Å². The van der Waals surface area contributed by atoms with E-state index in [2.05, 4.69) is 0 Å². The van der Waals surface area contributed by atoms with Crippen molar-refractivity contribution in [1.29, 1.82) is 0 Å². The Kier molecular flexibility index (Phi) is 3.33. The zero-order valence-electron chi connectivity index (χ0n) is 7.37. The third-order valence-corrected chi connectivity index (χ3v) is 1.85. The molecule has 0 fully saturated rings. The molecule has 1 rings (SSSR count). The predicted molar refractivity (Wildman–Crippen MR) is 48.9 cm³/mol. The molecule has 0 amide bonds. The molecule has 16 heavy (non-hydrogen) atoms. The van der Waals surface area contributed by atoms with Crippen LogP contribution in [-0.2, 0) is 0 Å². The van der Waals surface area contributed by atoms with E-state index in [9.17, 15) is 28.5 Å². The Bertz CT molecular complexity index is 514. The number of carbonyl (C=O) groups excluding carboxylic acids is 1. The van der Waals surface area contributed by atoms with Gasteiger partial charge >= 0.3 is 5.69 Å². The molecule has 0 aromatic carbocycles. The van der Waals surface area contributed by atoms with Gasteiger partial charge in [-0.25, -0.2) is 8.78 Å². The van der Waals surface area contributed by atoms with Gasteiger partial charge in [0, 0.05) is 6.07 Å². The summed E-state index contributed by atoms with van der Waals surface area (Å²) in [4.78, 5) is 32.6. The number of hydrogen-bond acceptors (Lipinski definition) is 4. The SMILES string of the molecule is O=C(Cl)c1cc(=O)c([N+](=O)[O-])c(C(F)F)[nH]1. The first-order valence-corrected chi connectivity index (χ1v) is 4.12. The van der Waals surface area contributed by atoms with Crippen LogP contribution in [0.5, 0.6) is 0 Å². The Hall–Kier alpha value is -1.83. The summed E-state index contributed by atoms with van der Waals surface area (Å²) < 4.78 is 24.8. The molecule has 86 valence electrons. The molecule has 6 nitrogen and oxygen atoms in total. The number of halogens is 3. The number of alkyl halides is 2. The predicted octanol–water partition coefficient (Wildman–Crippen LogP) is 1.60. The zero-order chi connectivity index (χ0) is 12.5. The van der Waals surface area contributed by atoms with E-state index in [0.29, 0.717) is 6.07 Å². The molecule has 1 aromatic rings. The summed E-state index contributed by atoms with van der Waals surface area (Å²) in [7, 11) is 0. The molecule has 0 unspecified atom stereocenters. The Morgan fingerprint density at radius 1 is 1.56 bits per heavy atom. The van der Waals surface area contributed by atoms with Gasteiger partial charge in [-0.15, -0.1) is 0 Å². The van der Waals surface area contributed by atoms with Gasteiger partial charge in [-0.3, -0.25) is 19.7 Å². The summed E-state index contributed by atoms with van der Waals surface area (Å²) in [6.45, 7) is 0. The van der Waals surface area contributed by atoms with Gasteiger partial charge in [0.25, 0.3) is 17.1 Å². The monoisotopic (exact) mass is 252 g/mol. The van der Waals surface area contributed by atoms with Crippen LogP contribution in [0.1, 0.15) is 22.6 Å². The maximum Gasteiger partial charge on any atom is 0.341 e. The van der Waals surface area contributed by atoms with Crippen molar-refractivity contribution in [2.75, 3.05) is 0 Å². The molecule has 0 saturated carbocycles. The minimum Gasteiger partial charge on any atom is -0.344 e. The van der Waals surface area contributed by atoms with Crippen LogP contribution in [0.2, 0.25) is 0 Å². The largest absolute Gasteiger partial charge is 0.344 e. The van der Waals surface area contributed by atoms with Gasteiger partial charge < -0.3 is 4.98 Å². The van der Waals surface area contributed by atoms with Crippen molar-refractivity contribution >= 4 is 22.5 Å². The van der Waals surface area contributed by atoms with E-state index in [1.54, 1.807) is 4.98 Å². The third kappa shape index (κ3) is 2.22. The smallest absolute Gasteiger partial charge is 0.341 e. The van der Waals surface area contributed by atoms with Crippen LogP contribution in [0.3, 0.4) is 0 Å². The number of aromatic amines is 1. The summed E-state index contributed by atoms with van der Waals surface area (Å²) >= 11 is 4.96. The molecule has 0 spiro atoms. The number of carbonyl (C=O) groups is 1. The highest BCUT2D eigenvalue weighted by Gasteiger charge is 2.27. The zero-order valence-corrected chi connectivity index (χ0v) is 8.12. The second-order valence-corrected chi connectivity index (χ2v) is 2.98. The second kappa shape index (κ2) is 4.35. The lowest BCUT2D eigenvalue weighted by Crippen LogP contribution is -2.15. The van der Waals surface area contributed by atoms with Crippen LogP contribution >= 0.6 is 11.6 Å². The lowest BCUT2D eigenvalue weighted by Gasteiger charge is -2.02. The van der Waals surface area contributed by atoms with E-state index < -0.39 is 39.1 Å². The summed E-state index contributed by atoms with van der Waals surface area (Å²) in [5.74, 6) is 0. The topological polar surface area (TPSA) is 93.1 Å². The first-order valence-electron chi connectivity index (χ1n) is 3.74. The first kappa shape index (κ1) is 12.2. The number of nitrogens with one attached hydrogen (secondary N) is 1. The van der Waals surface area contributed by atoms with Crippen molar-refractivity contribution in [2.24, 2.45) is 0 Å². The first-order chi connectivity index (χ1) is 7.34. The summed E-state index contributed by atoms with van der Waals surface area (Å²) in [5.41, 5.74) is -4.45. The molecule has 0 aliphatic rings. The van der Waals surface area contributed by atoms with Gasteiger partial charge in [0.1, 0.15) is 5.69 Å². The van der Waals surface area contributed by atoms with Crippen LogP contribution in [0.15, 0.2) is 10.9 Å². The van der Waals surface area contributed by atoms with Crippen LogP contribution < -0.4 is 5.43 Å². The van der Waals surface area contributed by atoms with E-state index in [0.717, 1.165) is 0 Å². The summed E-state index contributed by atoms with van der Waals surface area (Å²) in [6, 6.07) is 0.499. The fourth-order valence-electron chi connectivity index (χ4n) is 1.02. The second-order valence-electron chi connectivity index (χ2n) is 2.64. The Morgan fingerprint density at radius 2 is 2.12 bits per heavy atom. The molecule has 0 atom stereocenters. The van der Waals surface area contributed by atoms with Gasteiger partial charge in [0.15, 0.2) is 5.69 Å². The van der Waals surface area contributed by atoms with E-state index >= 15 is 0 Å². The number of hydrogen-bond donors (Lipinski definition) is 1. The van der Waals surface area contributed by atoms with E-state index in [-0.39, 0.29) is 0 Å². The molecular formula is C7H3ClF2N2O4. The normalized spacial score (nSPS) is 10.5. The van der Waals surface area contributed by atoms with Gasteiger partial charge in [0.05, 0.1) is 4.92 Å². The van der Waals surface area contributed by atoms with Gasteiger partial charge in [0.2, 0.25) is 0 Å². The molecule has 1 heterocycles. The maximum atomic E-state index is 12.4.